The third-order valence-electron chi connectivity index (χ3n) is 1.73. The van der Waals surface area contributed by atoms with E-state index in [0.717, 1.165) is 6.42 Å². The molecule has 0 spiro atoms. The largest absolute Gasteiger partial charge is 0.303 e. The summed E-state index contributed by atoms with van der Waals surface area (Å²) in [5.74, 6) is 0. The molecule has 0 aromatic rings. The molecule has 1 aliphatic rings. The van der Waals surface area contributed by atoms with Gasteiger partial charge in [-0.3, -0.25) is 0 Å². The van der Waals surface area contributed by atoms with Crippen LogP contribution in [0.1, 0.15) is 34.1 Å². The van der Waals surface area contributed by atoms with Crippen molar-refractivity contribution in [3.8, 4) is 0 Å². The highest BCUT2D eigenvalue weighted by molar-refractivity contribution is 5.05. The first-order chi connectivity index (χ1) is 4.41. The number of hydrogen-bond donors (Lipinski definition) is 1. The third-order valence-corrected chi connectivity index (χ3v) is 1.73. The first kappa shape index (κ1) is 7.80. The average Bonchev–Trinajstić information content (AvgIpc) is 1.56. The van der Waals surface area contributed by atoms with Crippen molar-refractivity contribution in [2.75, 3.05) is 0 Å². The molecule has 1 aliphatic heterocycles. The number of rotatable bonds is 0. The minimum atomic E-state index is 0.0573. The summed E-state index contributed by atoms with van der Waals surface area (Å²) in [5, 5.41) is 3.49. The van der Waals surface area contributed by atoms with Crippen LogP contribution in [0.25, 0.3) is 0 Å². The second-order valence-corrected chi connectivity index (χ2v) is 4.19. The van der Waals surface area contributed by atoms with Crippen molar-refractivity contribution >= 4 is 0 Å². The van der Waals surface area contributed by atoms with Gasteiger partial charge in [0.05, 0.1) is 0 Å². The van der Waals surface area contributed by atoms with Crippen molar-refractivity contribution in [1.29, 1.82) is 0 Å². The summed E-state index contributed by atoms with van der Waals surface area (Å²) in [6, 6.07) is 0. The molecule has 0 atom stereocenters. The van der Waals surface area contributed by atoms with Gasteiger partial charge in [-0.1, -0.05) is 6.08 Å². The van der Waals surface area contributed by atoms with Crippen LogP contribution in [0.3, 0.4) is 0 Å². The van der Waals surface area contributed by atoms with E-state index in [2.05, 4.69) is 45.2 Å². The molecule has 0 saturated heterocycles. The highest BCUT2D eigenvalue weighted by atomic mass is 15.0. The van der Waals surface area contributed by atoms with Gasteiger partial charge in [0.25, 0.3) is 0 Å². The normalized spacial score (nSPS) is 28.4. The molecule has 0 aliphatic carbocycles. The van der Waals surface area contributed by atoms with Crippen molar-refractivity contribution in [2.24, 2.45) is 0 Å². The first-order valence-corrected chi connectivity index (χ1v) is 3.80. The van der Waals surface area contributed by atoms with E-state index in [1.807, 2.05) is 0 Å². The van der Waals surface area contributed by atoms with E-state index >= 15 is 0 Å². The highest BCUT2D eigenvalue weighted by Crippen LogP contribution is 2.20. The number of nitrogens with one attached hydrogen (secondary N) is 1. The second kappa shape index (κ2) is 2.09. The van der Waals surface area contributed by atoms with E-state index < -0.39 is 0 Å². The van der Waals surface area contributed by atoms with Crippen LogP contribution in [0, 0.1) is 6.08 Å². The fraction of sp³-hybridized carbons (Fsp3) is 0.778. The maximum atomic E-state index is 3.49. The van der Waals surface area contributed by atoms with Crippen molar-refractivity contribution in [3.05, 3.63) is 12.2 Å². The molecule has 0 aromatic heterocycles. The minimum absolute atomic E-state index is 0.0573. The van der Waals surface area contributed by atoms with E-state index in [4.69, 9.17) is 0 Å². The van der Waals surface area contributed by atoms with Crippen LogP contribution in [0.15, 0.2) is 6.08 Å². The lowest BCUT2D eigenvalue weighted by Crippen LogP contribution is -2.53. The lowest BCUT2D eigenvalue weighted by Gasteiger charge is -2.38. The van der Waals surface area contributed by atoms with Crippen LogP contribution in [0.2, 0.25) is 0 Å². The molecular weight excluding hydrogens is 122 g/mol. The lowest BCUT2D eigenvalue weighted by atomic mass is 9.89. The van der Waals surface area contributed by atoms with E-state index in [0.29, 0.717) is 0 Å². The Bertz CT molecular complexity index is 154. The molecule has 0 fully saturated rings. The first-order valence-electron chi connectivity index (χ1n) is 3.80. The fourth-order valence-corrected chi connectivity index (χ4v) is 1.49. The zero-order valence-electron chi connectivity index (χ0n) is 7.28. The molecule has 0 unspecified atom stereocenters. The smallest absolute Gasteiger partial charge is 0.0382 e. The highest BCUT2D eigenvalue weighted by Gasteiger charge is 2.28. The molecule has 1 nitrogen and oxygen atoms in total. The van der Waals surface area contributed by atoms with Crippen molar-refractivity contribution in [2.45, 2.75) is 45.2 Å². The summed E-state index contributed by atoms with van der Waals surface area (Å²) < 4.78 is 0. The molecule has 0 amide bonds. The predicted molar refractivity (Wildman–Crippen MR) is 43.7 cm³/mol. The summed E-state index contributed by atoms with van der Waals surface area (Å²) >= 11 is 0. The van der Waals surface area contributed by atoms with Gasteiger partial charge in [0.1, 0.15) is 0 Å². The summed E-state index contributed by atoms with van der Waals surface area (Å²) in [4.78, 5) is 0. The van der Waals surface area contributed by atoms with Gasteiger partial charge in [0.2, 0.25) is 0 Å². The van der Waals surface area contributed by atoms with Crippen LogP contribution in [0.5, 0.6) is 0 Å². The zero-order valence-corrected chi connectivity index (χ0v) is 7.28. The predicted octanol–water partition coefficient (Wildman–Crippen LogP) is 1.90. The summed E-state index contributed by atoms with van der Waals surface area (Å²) in [6.45, 7) is 8.72. The maximum absolute atomic E-state index is 3.49. The Labute approximate surface area is 63.5 Å². The molecule has 1 heteroatoms. The van der Waals surface area contributed by atoms with Gasteiger partial charge in [-0.25, -0.2) is 0 Å². The fourth-order valence-electron chi connectivity index (χ4n) is 1.49. The molecule has 1 N–H and O–H groups in total. The van der Waals surface area contributed by atoms with E-state index in [-0.39, 0.29) is 11.1 Å². The monoisotopic (exact) mass is 138 g/mol. The Morgan fingerprint density at radius 1 is 1.30 bits per heavy atom. The topological polar surface area (TPSA) is 12.0 Å². The van der Waals surface area contributed by atoms with Crippen LogP contribution >= 0.6 is 0 Å². The molecular formula is C9H16N. The van der Waals surface area contributed by atoms with E-state index in [9.17, 15) is 0 Å². The molecule has 57 valence electrons. The molecule has 0 bridgehead atoms. The molecule has 0 saturated carbocycles. The molecule has 1 rings (SSSR count). The van der Waals surface area contributed by atoms with Crippen LogP contribution in [-0.2, 0) is 0 Å². The van der Waals surface area contributed by atoms with Gasteiger partial charge >= 0.3 is 0 Å². The quantitative estimate of drug-likeness (QED) is 0.539. The Kier molecular flexibility index (Phi) is 1.63. The maximum Gasteiger partial charge on any atom is 0.0382 e. The van der Waals surface area contributed by atoms with E-state index in [1.165, 1.54) is 0 Å². The second-order valence-electron chi connectivity index (χ2n) is 4.19. The van der Waals surface area contributed by atoms with Crippen molar-refractivity contribution in [3.63, 3.8) is 0 Å². The minimum Gasteiger partial charge on any atom is -0.303 e. The zero-order chi connectivity index (χ0) is 7.83. The van der Waals surface area contributed by atoms with Gasteiger partial charge in [-0.05, 0) is 40.2 Å². The standard InChI is InChI=1S/C9H16N/c1-8(2)6-5-7-9(3,4)10-8/h5,10H,6H2,1-4H3. The van der Waals surface area contributed by atoms with Gasteiger partial charge in [0.15, 0.2) is 0 Å². The third kappa shape index (κ3) is 1.84. The average molecular weight is 138 g/mol. The van der Waals surface area contributed by atoms with Gasteiger partial charge < -0.3 is 5.32 Å². The Morgan fingerprint density at radius 3 is 2.20 bits per heavy atom. The summed E-state index contributed by atoms with van der Waals surface area (Å²) in [7, 11) is 0. The molecule has 10 heavy (non-hydrogen) atoms. The van der Waals surface area contributed by atoms with E-state index in [1.54, 1.807) is 0 Å². The Hall–Kier alpha value is -0.300. The van der Waals surface area contributed by atoms with Crippen LogP contribution in [-0.4, -0.2) is 11.1 Å². The van der Waals surface area contributed by atoms with Crippen molar-refractivity contribution < 1.29 is 0 Å². The number of hydrogen-bond acceptors (Lipinski definition) is 1. The molecule has 1 heterocycles. The summed E-state index contributed by atoms with van der Waals surface area (Å²) in [5.41, 5.74) is 0.302. The van der Waals surface area contributed by atoms with Crippen molar-refractivity contribution in [1.82, 2.24) is 5.32 Å². The van der Waals surface area contributed by atoms with Gasteiger partial charge in [-0.15, -0.1) is 0 Å². The lowest BCUT2D eigenvalue weighted by molar-refractivity contribution is 0.284. The molecule has 1 radical (unpaired) electrons. The molecule has 0 aromatic carbocycles. The van der Waals surface area contributed by atoms with Gasteiger partial charge in [-0.2, -0.15) is 0 Å². The Balaban J connectivity index is 2.73. The van der Waals surface area contributed by atoms with Crippen LogP contribution < -0.4 is 5.32 Å². The SMILES string of the molecule is CC1(C)[C]=CCC(C)(C)N1. The summed E-state index contributed by atoms with van der Waals surface area (Å²) in [6.07, 6.45) is 6.49. The Morgan fingerprint density at radius 2 is 1.90 bits per heavy atom. The van der Waals surface area contributed by atoms with Crippen LogP contribution in [0.4, 0.5) is 0 Å². The van der Waals surface area contributed by atoms with Gasteiger partial charge in [0, 0.05) is 11.1 Å².